The van der Waals surface area contributed by atoms with Crippen LogP contribution in [-0.4, -0.2) is 51.1 Å². The Morgan fingerprint density at radius 2 is 1.83 bits per heavy atom. The zero-order valence-corrected chi connectivity index (χ0v) is 16.0. The van der Waals surface area contributed by atoms with Crippen molar-refractivity contribution in [3.8, 4) is 0 Å². The molecule has 0 bridgehead atoms. The SMILES string of the molecule is OCc1nc(N2CC[C@H](O)[C@@](CO)(Cc3ccc(F)cc3)C2)c2ccccc2n1. The van der Waals surface area contributed by atoms with Crippen LogP contribution in [0.25, 0.3) is 10.9 Å². The van der Waals surface area contributed by atoms with Crippen molar-refractivity contribution >= 4 is 16.7 Å². The molecule has 3 N–H and O–H groups in total. The Bertz CT molecular complexity index is 998. The van der Waals surface area contributed by atoms with E-state index in [0.29, 0.717) is 37.6 Å². The number of aromatic nitrogens is 2. The first-order valence-corrected chi connectivity index (χ1v) is 9.69. The van der Waals surface area contributed by atoms with E-state index >= 15 is 0 Å². The van der Waals surface area contributed by atoms with E-state index < -0.39 is 11.5 Å². The van der Waals surface area contributed by atoms with Gasteiger partial charge in [-0.05, 0) is 42.7 Å². The molecule has 6 nitrogen and oxygen atoms in total. The Morgan fingerprint density at radius 3 is 2.55 bits per heavy atom. The minimum atomic E-state index is -0.804. The van der Waals surface area contributed by atoms with Crippen molar-refractivity contribution in [3.63, 3.8) is 0 Å². The molecular formula is C22H24FN3O3. The first-order valence-electron chi connectivity index (χ1n) is 9.69. The second-order valence-electron chi connectivity index (χ2n) is 7.69. The monoisotopic (exact) mass is 397 g/mol. The normalized spacial score (nSPS) is 22.2. The van der Waals surface area contributed by atoms with E-state index in [9.17, 15) is 19.7 Å². The fourth-order valence-corrected chi connectivity index (χ4v) is 4.14. The van der Waals surface area contributed by atoms with Gasteiger partial charge in [0.1, 0.15) is 18.2 Å². The standard InChI is InChI=1S/C22H24FN3O3/c23-16-7-5-15(6-8-16)11-22(14-28)13-26(10-9-19(22)29)21-17-3-1-2-4-18(17)24-20(12-27)25-21/h1-8,19,27-29H,9-14H2/t19-,22-/m0/s1. The highest BCUT2D eigenvalue weighted by molar-refractivity contribution is 5.89. The number of nitrogens with zero attached hydrogens (tertiary/aromatic N) is 3. The lowest BCUT2D eigenvalue weighted by Gasteiger charge is -2.46. The minimum absolute atomic E-state index is 0.210. The Labute approximate surface area is 168 Å². The van der Waals surface area contributed by atoms with E-state index in [1.807, 2.05) is 29.2 Å². The summed E-state index contributed by atoms with van der Waals surface area (Å²) in [5, 5.41) is 31.5. The number of halogens is 1. The van der Waals surface area contributed by atoms with Gasteiger partial charge in [0.2, 0.25) is 0 Å². The van der Waals surface area contributed by atoms with Crippen molar-refractivity contribution in [2.75, 3.05) is 24.6 Å². The zero-order valence-electron chi connectivity index (χ0n) is 16.0. The summed E-state index contributed by atoms with van der Waals surface area (Å²) in [5.41, 5.74) is 0.785. The van der Waals surface area contributed by atoms with Gasteiger partial charge in [0.15, 0.2) is 5.82 Å². The molecule has 1 aliphatic heterocycles. The lowest BCUT2D eigenvalue weighted by molar-refractivity contribution is -0.0292. The van der Waals surface area contributed by atoms with Crippen molar-refractivity contribution in [2.24, 2.45) is 5.41 Å². The van der Waals surface area contributed by atoms with E-state index in [2.05, 4.69) is 9.97 Å². The molecule has 0 aliphatic carbocycles. The van der Waals surface area contributed by atoms with Gasteiger partial charge in [0.05, 0.1) is 18.2 Å². The van der Waals surface area contributed by atoms with Crippen LogP contribution in [-0.2, 0) is 13.0 Å². The van der Waals surface area contributed by atoms with Gasteiger partial charge in [-0.25, -0.2) is 14.4 Å². The van der Waals surface area contributed by atoms with Crippen LogP contribution < -0.4 is 4.90 Å². The summed E-state index contributed by atoms with van der Waals surface area (Å²) >= 11 is 0. The van der Waals surface area contributed by atoms with Crippen molar-refractivity contribution in [1.82, 2.24) is 9.97 Å². The van der Waals surface area contributed by atoms with E-state index in [0.717, 1.165) is 16.5 Å². The maximum Gasteiger partial charge on any atom is 0.156 e. The average Bonchev–Trinajstić information content (AvgIpc) is 2.76. The first-order chi connectivity index (χ1) is 14.0. The predicted octanol–water partition coefficient (Wildman–Crippen LogP) is 2.05. The molecule has 1 saturated heterocycles. The highest BCUT2D eigenvalue weighted by Gasteiger charge is 2.43. The van der Waals surface area contributed by atoms with Crippen LogP contribution in [0.5, 0.6) is 0 Å². The van der Waals surface area contributed by atoms with Crippen molar-refractivity contribution in [1.29, 1.82) is 0 Å². The molecule has 2 atom stereocenters. The molecule has 1 fully saturated rings. The molecule has 3 aromatic rings. The lowest BCUT2D eigenvalue weighted by atomic mass is 9.73. The number of rotatable bonds is 5. The van der Waals surface area contributed by atoms with Crippen LogP contribution in [0.4, 0.5) is 10.2 Å². The van der Waals surface area contributed by atoms with E-state index in [4.69, 9.17) is 0 Å². The van der Waals surface area contributed by atoms with Crippen LogP contribution >= 0.6 is 0 Å². The number of anilines is 1. The van der Waals surface area contributed by atoms with Gasteiger partial charge < -0.3 is 20.2 Å². The van der Waals surface area contributed by atoms with Crippen molar-refractivity contribution in [2.45, 2.75) is 25.6 Å². The third kappa shape index (κ3) is 3.81. The maximum absolute atomic E-state index is 13.3. The molecule has 7 heteroatoms. The predicted molar refractivity (Wildman–Crippen MR) is 108 cm³/mol. The molecule has 152 valence electrons. The summed E-state index contributed by atoms with van der Waals surface area (Å²) in [6, 6.07) is 13.7. The summed E-state index contributed by atoms with van der Waals surface area (Å²) in [5.74, 6) is 0.697. The lowest BCUT2D eigenvalue weighted by Crippen LogP contribution is -2.55. The molecule has 2 aromatic carbocycles. The molecule has 0 saturated carbocycles. The highest BCUT2D eigenvalue weighted by atomic mass is 19.1. The number of para-hydroxylation sites is 1. The summed E-state index contributed by atoms with van der Waals surface area (Å²) < 4.78 is 13.3. The van der Waals surface area contributed by atoms with Gasteiger partial charge in [0, 0.05) is 23.9 Å². The molecule has 1 aromatic heterocycles. The fraction of sp³-hybridized carbons (Fsp3) is 0.364. The molecule has 29 heavy (non-hydrogen) atoms. The van der Waals surface area contributed by atoms with Gasteiger partial charge in [-0.15, -0.1) is 0 Å². The molecule has 0 spiro atoms. The number of aliphatic hydroxyl groups is 3. The van der Waals surface area contributed by atoms with Gasteiger partial charge in [-0.1, -0.05) is 24.3 Å². The van der Waals surface area contributed by atoms with Crippen LogP contribution in [0, 0.1) is 11.2 Å². The number of aliphatic hydroxyl groups excluding tert-OH is 3. The van der Waals surface area contributed by atoms with Crippen molar-refractivity contribution in [3.05, 3.63) is 65.7 Å². The second kappa shape index (κ2) is 8.02. The Kier molecular flexibility index (Phi) is 5.45. The topological polar surface area (TPSA) is 89.7 Å². The summed E-state index contributed by atoms with van der Waals surface area (Å²) in [7, 11) is 0. The molecule has 4 rings (SSSR count). The molecule has 1 aliphatic rings. The summed E-state index contributed by atoms with van der Waals surface area (Å²) in [6.07, 6.45) is 0.186. The Balaban J connectivity index is 1.71. The van der Waals surface area contributed by atoms with Crippen LogP contribution in [0.1, 0.15) is 17.8 Å². The maximum atomic E-state index is 13.3. The average molecular weight is 397 g/mol. The Morgan fingerprint density at radius 1 is 1.07 bits per heavy atom. The van der Waals surface area contributed by atoms with Gasteiger partial charge in [0.25, 0.3) is 0 Å². The number of hydrogen-bond donors (Lipinski definition) is 3. The minimum Gasteiger partial charge on any atom is -0.396 e. The van der Waals surface area contributed by atoms with Crippen LogP contribution in [0.15, 0.2) is 48.5 Å². The third-order valence-electron chi connectivity index (χ3n) is 5.74. The quantitative estimate of drug-likeness (QED) is 0.611. The van der Waals surface area contributed by atoms with E-state index in [1.165, 1.54) is 12.1 Å². The number of hydrogen-bond acceptors (Lipinski definition) is 6. The molecule has 0 radical (unpaired) electrons. The molecule has 0 amide bonds. The number of piperidine rings is 1. The van der Waals surface area contributed by atoms with E-state index in [-0.39, 0.29) is 19.0 Å². The van der Waals surface area contributed by atoms with Crippen LogP contribution in [0.2, 0.25) is 0 Å². The zero-order chi connectivity index (χ0) is 20.4. The third-order valence-corrected chi connectivity index (χ3v) is 5.74. The van der Waals surface area contributed by atoms with Crippen LogP contribution in [0.3, 0.4) is 0 Å². The molecular weight excluding hydrogens is 373 g/mol. The van der Waals surface area contributed by atoms with E-state index in [1.54, 1.807) is 12.1 Å². The Hall–Kier alpha value is -2.61. The second-order valence-corrected chi connectivity index (χ2v) is 7.69. The van der Waals surface area contributed by atoms with Gasteiger partial charge in [-0.3, -0.25) is 0 Å². The summed E-state index contributed by atoms with van der Waals surface area (Å²) in [6.45, 7) is 0.471. The highest BCUT2D eigenvalue weighted by Crippen LogP contribution is 2.37. The van der Waals surface area contributed by atoms with Crippen molar-refractivity contribution < 1.29 is 19.7 Å². The smallest absolute Gasteiger partial charge is 0.156 e. The first kappa shape index (κ1) is 19.7. The number of fused-ring (bicyclic) bond motifs is 1. The van der Waals surface area contributed by atoms with Gasteiger partial charge >= 0.3 is 0 Å². The molecule has 0 unspecified atom stereocenters. The summed E-state index contributed by atoms with van der Waals surface area (Å²) in [4.78, 5) is 11.0. The fourth-order valence-electron chi connectivity index (χ4n) is 4.14. The number of benzene rings is 2. The molecule has 2 heterocycles. The largest absolute Gasteiger partial charge is 0.396 e. The van der Waals surface area contributed by atoms with Gasteiger partial charge in [-0.2, -0.15) is 0 Å².